The fourth-order valence-electron chi connectivity index (χ4n) is 2.84. The summed E-state index contributed by atoms with van der Waals surface area (Å²) in [7, 11) is 3.91. The predicted octanol–water partition coefficient (Wildman–Crippen LogP) is 8.06. The molecule has 0 rings (SSSR count). The molecule has 0 aromatic rings. The Morgan fingerprint density at radius 1 is 0.727 bits per heavy atom. The van der Waals surface area contributed by atoms with Crippen LogP contribution in [0.25, 0.3) is 0 Å². The van der Waals surface area contributed by atoms with Gasteiger partial charge in [0, 0.05) is 10.5 Å². The van der Waals surface area contributed by atoms with Gasteiger partial charge in [-0.2, -0.15) is 0 Å². The van der Waals surface area contributed by atoms with Gasteiger partial charge >= 0.3 is 0 Å². The Morgan fingerprint density at radius 2 is 1.27 bits per heavy atom. The van der Waals surface area contributed by atoms with E-state index in [4.69, 9.17) is 0 Å². The number of hydrogen-bond acceptors (Lipinski definition) is 2. The van der Waals surface area contributed by atoms with E-state index in [0.29, 0.717) is 10.5 Å². The van der Waals surface area contributed by atoms with E-state index < -0.39 is 0 Å². The lowest BCUT2D eigenvalue weighted by Gasteiger charge is -2.26. The first kappa shape index (κ1) is 22.6. The van der Waals surface area contributed by atoms with Crippen LogP contribution in [0.4, 0.5) is 4.39 Å². The Balaban J connectivity index is 4.32. The second-order valence-corrected chi connectivity index (χ2v) is 9.80. The summed E-state index contributed by atoms with van der Waals surface area (Å²) in [6, 6.07) is 0. The van der Waals surface area contributed by atoms with Gasteiger partial charge in [-0.15, -0.1) is 0 Å². The average Bonchev–Trinajstić information content (AvgIpc) is 2.49. The van der Waals surface area contributed by atoms with Crippen molar-refractivity contribution in [3.8, 4) is 0 Å². The molecule has 0 aliphatic heterocycles. The molecule has 0 saturated heterocycles. The minimum absolute atomic E-state index is 0.156. The molecule has 0 heterocycles. The maximum Gasteiger partial charge on any atom is 0.0905 e. The number of rotatable bonds is 16. The maximum atomic E-state index is 13.0. The molecular weight excluding hydrogens is 311 g/mol. The molecule has 0 aliphatic carbocycles. The molecule has 0 N–H and O–H groups in total. The maximum absolute atomic E-state index is 13.0. The van der Waals surface area contributed by atoms with Crippen LogP contribution in [0.2, 0.25) is 0 Å². The Hall–Kier alpha value is 0.630. The van der Waals surface area contributed by atoms with Crippen LogP contribution in [0.1, 0.15) is 98.3 Å². The van der Waals surface area contributed by atoms with Crippen molar-refractivity contribution in [1.29, 1.82) is 0 Å². The van der Waals surface area contributed by atoms with Crippen molar-refractivity contribution in [2.75, 3.05) is 6.67 Å². The van der Waals surface area contributed by atoms with Crippen LogP contribution >= 0.6 is 21.6 Å². The molecule has 0 aliphatic rings. The van der Waals surface area contributed by atoms with Crippen LogP contribution in [-0.2, 0) is 0 Å². The number of hydrogen-bond donors (Lipinski definition) is 0. The smallest absolute Gasteiger partial charge is 0.0905 e. The predicted molar refractivity (Wildman–Crippen MR) is 106 cm³/mol. The lowest BCUT2D eigenvalue weighted by atomic mass is 9.90. The van der Waals surface area contributed by atoms with Crippen molar-refractivity contribution in [3.63, 3.8) is 0 Å². The molecule has 22 heavy (non-hydrogen) atoms. The summed E-state index contributed by atoms with van der Waals surface area (Å²) in [4.78, 5) is 0. The first-order chi connectivity index (χ1) is 10.7. The molecule has 1 unspecified atom stereocenters. The van der Waals surface area contributed by atoms with E-state index in [0.717, 1.165) is 12.3 Å². The molecule has 0 fully saturated rings. The summed E-state index contributed by atoms with van der Waals surface area (Å²) >= 11 is 0. The first-order valence-corrected chi connectivity index (χ1v) is 11.8. The largest absolute Gasteiger partial charge is 0.251 e. The Labute approximate surface area is 147 Å². The Kier molecular flexibility index (Phi) is 17.0. The van der Waals surface area contributed by atoms with Gasteiger partial charge in [0.25, 0.3) is 0 Å². The lowest BCUT2D eigenvalue weighted by molar-refractivity contribution is 0.359. The number of alkyl halides is 1. The van der Waals surface area contributed by atoms with Crippen LogP contribution < -0.4 is 0 Å². The average molecular weight is 351 g/mol. The number of unbranched alkanes of at least 4 members (excludes halogenated alkanes) is 6. The van der Waals surface area contributed by atoms with Gasteiger partial charge in [0.05, 0.1) is 6.67 Å². The summed E-state index contributed by atoms with van der Waals surface area (Å²) in [5, 5.41) is 1.15. The standard InChI is InChI=1S/C19H39FS2/c1-5-7-9-10-12-14-18(13-11-8-6-2)19(15-16-20)22-21-17(3)4/h17-19H,5-16H2,1-4H3/t18?,19-/m0/s1. The molecule has 134 valence electrons. The molecule has 0 bridgehead atoms. The molecule has 0 saturated carbocycles. The van der Waals surface area contributed by atoms with Crippen LogP contribution in [0.5, 0.6) is 0 Å². The van der Waals surface area contributed by atoms with Gasteiger partial charge in [0.15, 0.2) is 0 Å². The zero-order valence-electron chi connectivity index (χ0n) is 15.4. The van der Waals surface area contributed by atoms with Gasteiger partial charge in [-0.3, -0.25) is 4.39 Å². The molecule has 0 amide bonds. The summed E-state index contributed by atoms with van der Waals surface area (Å²) in [5.41, 5.74) is 0. The SMILES string of the molecule is CCCCCCCC(CCCCC)[C@H](CCF)SSC(C)C. The van der Waals surface area contributed by atoms with E-state index in [1.54, 1.807) is 0 Å². The summed E-state index contributed by atoms with van der Waals surface area (Å²) < 4.78 is 13.0. The van der Waals surface area contributed by atoms with E-state index in [1.807, 2.05) is 21.6 Å². The van der Waals surface area contributed by atoms with E-state index in [-0.39, 0.29) is 6.67 Å². The third-order valence-corrected chi connectivity index (χ3v) is 7.74. The molecular formula is C19H39FS2. The molecule has 0 aromatic carbocycles. The monoisotopic (exact) mass is 350 g/mol. The van der Waals surface area contributed by atoms with Crippen molar-refractivity contribution in [2.45, 2.75) is 109 Å². The summed E-state index contributed by atoms with van der Waals surface area (Å²) in [5.74, 6) is 0.722. The van der Waals surface area contributed by atoms with E-state index in [9.17, 15) is 4.39 Å². The van der Waals surface area contributed by atoms with E-state index in [1.165, 1.54) is 64.2 Å². The van der Waals surface area contributed by atoms with Crippen LogP contribution in [0.15, 0.2) is 0 Å². The van der Waals surface area contributed by atoms with Gasteiger partial charge < -0.3 is 0 Å². The zero-order chi connectivity index (χ0) is 16.6. The quantitative estimate of drug-likeness (QED) is 0.204. The zero-order valence-corrected chi connectivity index (χ0v) is 17.0. The van der Waals surface area contributed by atoms with Crippen LogP contribution in [0, 0.1) is 5.92 Å². The number of halogens is 1. The molecule has 0 radical (unpaired) electrons. The van der Waals surface area contributed by atoms with Gasteiger partial charge in [-0.1, -0.05) is 101 Å². The third-order valence-electron chi connectivity index (χ3n) is 4.15. The van der Waals surface area contributed by atoms with Crippen molar-refractivity contribution >= 4 is 21.6 Å². The summed E-state index contributed by atoms with van der Waals surface area (Å²) in [6.07, 6.45) is 14.1. The van der Waals surface area contributed by atoms with E-state index >= 15 is 0 Å². The molecule has 3 heteroatoms. The van der Waals surface area contributed by atoms with Crippen molar-refractivity contribution in [1.82, 2.24) is 0 Å². The van der Waals surface area contributed by atoms with Crippen LogP contribution in [0.3, 0.4) is 0 Å². The summed E-state index contributed by atoms with van der Waals surface area (Å²) in [6.45, 7) is 8.85. The minimum Gasteiger partial charge on any atom is -0.251 e. The molecule has 0 aromatic heterocycles. The fourth-order valence-corrected chi connectivity index (χ4v) is 5.67. The minimum atomic E-state index is -0.156. The topological polar surface area (TPSA) is 0 Å². The Bertz CT molecular complexity index is 221. The van der Waals surface area contributed by atoms with Gasteiger partial charge in [-0.25, -0.2) is 0 Å². The van der Waals surface area contributed by atoms with Gasteiger partial charge in [0.1, 0.15) is 0 Å². The van der Waals surface area contributed by atoms with E-state index in [2.05, 4.69) is 27.7 Å². The fraction of sp³-hybridized carbons (Fsp3) is 1.00. The molecule has 0 spiro atoms. The molecule has 0 nitrogen and oxygen atoms in total. The highest BCUT2D eigenvalue weighted by atomic mass is 33.1. The van der Waals surface area contributed by atoms with Crippen LogP contribution in [-0.4, -0.2) is 17.2 Å². The lowest BCUT2D eigenvalue weighted by Crippen LogP contribution is -2.18. The second-order valence-electron chi connectivity index (χ2n) is 6.72. The Morgan fingerprint density at radius 3 is 1.82 bits per heavy atom. The van der Waals surface area contributed by atoms with Crippen molar-refractivity contribution in [3.05, 3.63) is 0 Å². The molecule has 2 atom stereocenters. The second kappa shape index (κ2) is 16.5. The normalized spacial score (nSPS) is 14.5. The first-order valence-electron chi connectivity index (χ1n) is 9.53. The highest BCUT2D eigenvalue weighted by Gasteiger charge is 2.22. The van der Waals surface area contributed by atoms with Gasteiger partial charge in [-0.05, 0) is 25.2 Å². The highest BCUT2D eigenvalue weighted by molar-refractivity contribution is 8.77. The highest BCUT2D eigenvalue weighted by Crippen LogP contribution is 2.39. The van der Waals surface area contributed by atoms with Crippen molar-refractivity contribution < 1.29 is 4.39 Å². The third kappa shape index (κ3) is 13.1. The van der Waals surface area contributed by atoms with Crippen molar-refractivity contribution in [2.24, 2.45) is 5.92 Å². The van der Waals surface area contributed by atoms with Gasteiger partial charge in [0.2, 0.25) is 0 Å².